The first-order valence-corrected chi connectivity index (χ1v) is 12.1. The van der Waals surface area contributed by atoms with E-state index in [1.165, 1.54) is 12.0 Å². The van der Waals surface area contributed by atoms with Crippen LogP contribution in [0.2, 0.25) is 0 Å². The molecule has 0 spiro atoms. The molecule has 0 aromatic carbocycles. The predicted molar refractivity (Wildman–Crippen MR) is 140 cm³/mol. The second-order valence-corrected chi connectivity index (χ2v) is 7.15. The van der Waals surface area contributed by atoms with Gasteiger partial charge in [-0.25, -0.2) is 0 Å². The Kier molecular flexibility index (Phi) is 26.1. The van der Waals surface area contributed by atoms with Crippen LogP contribution in [0.4, 0.5) is 0 Å². The van der Waals surface area contributed by atoms with Crippen molar-refractivity contribution in [3.05, 3.63) is 59.8 Å². The number of allylic oxidation sites excluding steroid dienone is 7. The number of hydrogen-bond acceptors (Lipinski definition) is 4. The maximum absolute atomic E-state index is 5.79. The molecule has 1 aliphatic heterocycles. The fourth-order valence-corrected chi connectivity index (χ4v) is 2.32. The second-order valence-electron chi connectivity index (χ2n) is 7.15. The van der Waals surface area contributed by atoms with Crippen molar-refractivity contribution in [1.82, 2.24) is 5.32 Å². The van der Waals surface area contributed by atoms with Crippen molar-refractivity contribution >= 4 is 0 Å². The van der Waals surface area contributed by atoms with E-state index in [4.69, 9.17) is 4.74 Å². The molecule has 0 aromatic heterocycles. The first-order valence-electron chi connectivity index (χ1n) is 12.1. The number of hydrogen-bond donors (Lipinski definition) is 1. The first kappa shape index (κ1) is 33.5. The Balaban J connectivity index is -0.000000461. The average molecular weight is 434 g/mol. The van der Waals surface area contributed by atoms with Crippen LogP contribution in [0.5, 0.6) is 0 Å². The summed E-state index contributed by atoms with van der Waals surface area (Å²) in [5, 5.41) is 11.3. The van der Waals surface area contributed by atoms with E-state index >= 15 is 0 Å². The molecule has 0 amide bonds. The quantitative estimate of drug-likeness (QED) is 0.449. The summed E-state index contributed by atoms with van der Waals surface area (Å²) in [6, 6.07) is 0. The summed E-state index contributed by atoms with van der Waals surface area (Å²) in [4.78, 5) is 0. The summed E-state index contributed by atoms with van der Waals surface area (Å²) in [7, 11) is 0. The highest BCUT2D eigenvalue weighted by Gasteiger charge is 2.27. The molecule has 1 N–H and O–H groups in total. The van der Waals surface area contributed by atoms with E-state index in [2.05, 4.69) is 56.2 Å². The summed E-state index contributed by atoms with van der Waals surface area (Å²) in [5.74, 6) is 0.948. The van der Waals surface area contributed by atoms with Gasteiger partial charge in [0, 0.05) is 12.4 Å². The van der Waals surface area contributed by atoms with E-state index in [9.17, 15) is 0 Å². The van der Waals surface area contributed by atoms with Crippen LogP contribution in [0, 0.1) is 5.41 Å². The molecule has 1 aliphatic carbocycles. The van der Waals surface area contributed by atoms with Gasteiger partial charge in [0.25, 0.3) is 0 Å². The standard InChI is InChI=1S/C14H24N2O.C6H7N.C3H8.2C2H6/c1-6-15-16-12-10-8-9-11(14(3,4)5)13(12)17-7-2;1-2-4-6-7-5-3-1;1-3-2;2*1-2/h9H,6-8,10H2,1-5H3;1-7H;3H2,1-2H3;2*1-2H3. The second kappa shape index (κ2) is 24.2. The van der Waals surface area contributed by atoms with E-state index in [1.54, 1.807) is 0 Å². The molecule has 4 heteroatoms. The third-order valence-corrected chi connectivity index (χ3v) is 3.38. The zero-order valence-electron chi connectivity index (χ0n) is 22.4. The van der Waals surface area contributed by atoms with Gasteiger partial charge in [0.15, 0.2) is 0 Å². The van der Waals surface area contributed by atoms with E-state index in [0.29, 0.717) is 6.61 Å². The van der Waals surface area contributed by atoms with Crippen molar-refractivity contribution in [2.45, 2.75) is 95.4 Å². The Hall–Kier alpha value is -2.10. The van der Waals surface area contributed by atoms with Crippen molar-refractivity contribution in [3.8, 4) is 0 Å². The van der Waals surface area contributed by atoms with Gasteiger partial charge in [-0.15, -0.1) is 0 Å². The molecule has 0 saturated heterocycles. The van der Waals surface area contributed by atoms with Gasteiger partial charge in [0.2, 0.25) is 0 Å². The SMILES string of the molecule is C1=CC=CNC=C1.CC.CC.CCC.CCN=NC1=C(OCC)C(C(C)(C)C)=CCC1. The summed E-state index contributed by atoms with van der Waals surface area (Å²) in [6.07, 6.45) is 17.1. The van der Waals surface area contributed by atoms with Gasteiger partial charge < -0.3 is 10.1 Å². The Morgan fingerprint density at radius 3 is 1.84 bits per heavy atom. The molecule has 0 saturated carbocycles. The highest BCUT2D eigenvalue weighted by atomic mass is 16.5. The Morgan fingerprint density at radius 1 is 0.903 bits per heavy atom. The van der Waals surface area contributed by atoms with Crippen LogP contribution in [0.1, 0.15) is 95.4 Å². The van der Waals surface area contributed by atoms with E-state index < -0.39 is 0 Å². The molecule has 1 heterocycles. The van der Waals surface area contributed by atoms with Crippen molar-refractivity contribution < 1.29 is 4.74 Å². The lowest BCUT2D eigenvalue weighted by Crippen LogP contribution is -2.17. The van der Waals surface area contributed by atoms with Crippen molar-refractivity contribution in [3.63, 3.8) is 0 Å². The van der Waals surface area contributed by atoms with Gasteiger partial charge in [-0.3, -0.25) is 0 Å². The van der Waals surface area contributed by atoms with Gasteiger partial charge in [-0.05, 0) is 49.8 Å². The Bertz CT molecular complexity index is 560. The molecule has 2 rings (SSSR count). The summed E-state index contributed by atoms with van der Waals surface area (Å²) in [6.45, 7) is 24.3. The fourth-order valence-electron chi connectivity index (χ4n) is 2.32. The summed E-state index contributed by atoms with van der Waals surface area (Å²) in [5.41, 5.74) is 2.36. The van der Waals surface area contributed by atoms with Gasteiger partial charge >= 0.3 is 0 Å². The fraction of sp³-hybridized carbons (Fsp3) is 0.630. The normalized spacial score (nSPS) is 14.2. The number of ether oxygens (including phenoxy) is 1. The van der Waals surface area contributed by atoms with Crippen LogP contribution in [-0.4, -0.2) is 13.2 Å². The maximum atomic E-state index is 5.79. The molecule has 0 radical (unpaired) electrons. The lowest BCUT2D eigenvalue weighted by molar-refractivity contribution is 0.218. The monoisotopic (exact) mass is 433 g/mol. The van der Waals surface area contributed by atoms with Crippen LogP contribution in [0.3, 0.4) is 0 Å². The average Bonchev–Trinajstić information content (AvgIpc) is 3.09. The van der Waals surface area contributed by atoms with Crippen LogP contribution in [0.15, 0.2) is 70.0 Å². The predicted octanol–water partition coefficient (Wildman–Crippen LogP) is 9.11. The lowest BCUT2D eigenvalue weighted by Gasteiger charge is -2.28. The minimum atomic E-state index is 0.0951. The molecule has 31 heavy (non-hydrogen) atoms. The van der Waals surface area contributed by atoms with Crippen LogP contribution < -0.4 is 5.32 Å². The number of rotatable bonds is 4. The molecule has 0 aromatic rings. The third kappa shape index (κ3) is 18.4. The molecular weight excluding hydrogens is 382 g/mol. The largest absolute Gasteiger partial charge is 0.492 e. The van der Waals surface area contributed by atoms with E-state index in [-0.39, 0.29) is 5.41 Å². The number of nitrogens with one attached hydrogen (secondary N) is 1. The number of nitrogens with zero attached hydrogens (tertiary/aromatic N) is 2. The summed E-state index contributed by atoms with van der Waals surface area (Å²) >= 11 is 0. The zero-order valence-corrected chi connectivity index (χ0v) is 22.4. The van der Waals surface area contributed by atoms with Gasteiger partial charge in [0.05, 0.1) is 13.2 Å². The topological polar surface area (TPSA) is 46.0 Å². The van der Waals surface area contributed by atoms with Crippen LogP contribution >= 0.6 is 0 Å². The number of azo groups is 1. The highest BCUT2D eigenvalue weighted by Crippen LogP contribution is 2.38. The molecule has 0 unspecified atom stereocenters. The van der Waals surface area contributed by atoms with Crippen molar-refractivity contribution in [1.29, 1.82) is 0 Å². The highest BCUT2D eigenvalue weighted by molar-refractivity contribution is 5.37. The van der Waals surface area contributed by atoms with E-state index in [0.717, 1.165) is 30.8 Å². The molecule has 180 valence electrons. The smallest absolute Gasteiger partial charge is 0.145 e. The third-order valence-electron chi connectivity index (χ3n) is 3.38. The van der Waals surface area contributed by atoms with Gasteiger partial charge in [-0.1, -0.05) is 87.0 Å². The Morgan fingerprint density at radius 2 is 1.42 bits per heavy atom. The van der Waals surface area contributed by atoms with Crippen molar-refractivity contribution in [2.75, 3.05) is 13.2 Å². The van der Waals surface area contributed by atoms with Crippen molar-refractivity contribution in [2.24, 2.45) is 15.6 Å². The van der Waals surface area contributed by atoms with Crippen LogP contribution in [-0.2, 0) is 4.74 Å². The summed E-state index contributed by atoms with van der Waals surface area (Å²) < 4.78 is 5.79. The van der Waals surface area contributed by atoms with Gasteiger partial charge in [0.1, 0.15) is 11.5 Å². The molecule has 2 aliphatic rings. The van der Waals surface area contributed by atoms with E-state index in [1.807, 2.05) is 78.2 Å². The molecule has 0 bridgehead atoms. The lowest BCUT2D eigenvalue weighted by atomic mass is 9.81. The van der Waals surface area contributed by atoms with Crippen LogP contribution in [0.25, 0.3) is 0 Å². The molecular formula is C27H51N3O. The molecule has 4 nitrogen and oxygen atoms in total. The molecule has 0 atom stereocenters. The maximum Gasteiger partial charge on any atom is 0.145 e. The zero-order chi connectivity index (χ0) is 24.5. The van der Waals surface area contributed by atoms with Gasteiger partial charge in [-0.2, -0.15) is 10.2 Å². The Labute approximate surface area is 194 Å². The first-order chi connectivity index (χ1) is 14.9. The minimum Gasteiger partial charge on any atom is -0.492 e. The molecule has 0 fully saturated rings. The minimum absolute atomic E-state index is 0.0951.